The molecule has 0 aromatic rings. The Morgan fingerprint density at radius 1 is 1.12 bits per heavy atom. The predicted octanol–water partition coefficient (Wildman–Crippen LogP) is -1.19. The molecule has 0 radical (unpaired) electrons. The number of nitrogens with zero attached hydrogens (tertiary/aromatic N) is 2. The minimum absolute atomic E-state index is 0.168. The maximum absolute atomic E-state index is 11.8. The third-order valence-electron chi connectivity index (χ3n) is 2.62. The van der Waals surface area contributed by atoms with E-state index in [1.54, 1.807) is 0 Å². The molecular weight excluding hydrogens is 266 g/mol. The number of hydrogen-bond acceptors (Lipinski definition) is 4. The number of hydrogen-bond donors (Lipinski definition) is 1. The van der Waals surface area contributed by atoms with E-state index in [9.17, 15) is 16.8 Å². The summed E-state index contributed by atoms with van der Waals surface area (Å²) in [5, 5.41) is 0. The first-order chi connectivity index (χ1) is 7.63. The molecule has 17 heavy (non-hydrogen) atoms. The molecule has 1 aliphatic rings. The third-order valence-corrected chi connectivity index (χ3v) is 5.32. The van der Waals surface area contributed by atoms with Gasteiger partial charge in [-0.25, -0.2) is 13.1 Å². The van der Waals surface area contributed by atoms with Gasteiger partial charge in [0.25, 0.3) is 10.2 Å². The second-order valence-corrected chi connectivity index (χ2v) is 8.28. The molecular formula is C8H19N3O4S2. The van der Waals surface area contributed by atoms with Gasteiger partial charge >= 0.3 is 0 Å². The van der Waals surface area contributed by atoms with Gasteiger partial charge in [-0.15, -0.1) is 0 Å². The minimum atomic E-state index is -3.38. The maximum atomic E-state index is 11.8. The molecule has 102 valence electrons. The van der Waals surface area contributed by atoms with Crippen molar-refractivity contribution in [3.05, 3.63) is 0 Å². The van der Waals surface area contributed by atoms with Crippen LogP contribution in [0.4, 0.5) is 0 Å². The van der Waals surface area contributed by atoms with Crippen LogP contribution in [0.3, 0.4) is 0 Å². The summed E-state index contributed by atoms with van der Waals surface area (Å²) in [6, 6.07) is -0.168. The van der Waals surface area contributed by atoms with Crippen LogP contribution >= 0.6 is 0 Å². The van der Waals surface area contributed by atoms with Gasteiger partial charge < -0.3 is 0 Å². The van der Waals surface area contributed by atoms with Gasteiger partial charge in [-0.3, -0.25) is 0 Å². The highest BCUT2D eigenvalue weighted by Crippen LogP contribution is 2.15. The molecule has 0 aromatic heterocycles. The molecule has 0 aromatic carbocycles. The monoisotopic (exact) mass is 285 g/mol. The Hall–Kier alpha value is -0.220. The van der Waals surface area contributed by atoms with Crippen LogP contribution < -0.4 is 4.72 Å². The number of sulfonamides is 1. The lowest BCUT2D eigenvalue weighted by Gasteiger charge is -2.32. The quantitative estimate of drug-likeness (QED) is 0.703. The van der Waals surface area contributed by atoms with E-state index in [0.29, 0.717) is 25.9 Å². The van der Waals surface area contributed by atoms with Gasteiger partial charge in [0.05, 0.1) is 6.26 Å². The van der Waals surface area contributed by atoms with Crippen molar-refractivity contribution in [3.63, 3.8) is 0 Å². The Bertz CT molecular complexity index is 449. The Labute approximate surface area is 103 Å². The van der Waals surface area contributed by atoms with Crippen molar-refractivity contribution < 1.29 is 16.8 Å². The van der Waals surface area contributed by atoms with Crippen molar-refractivity contribution in [2.75, 3.05) is 33.4 Å². The summed E-state index contributed by atoms with van der Waals surface area (Å²) in [6.45, 7) is 0.682. The topological polar surface area (TPSA) is 86.8 Å². The molecule has 0 bridgehead atoms. The van der Waals surface area contributed by atoms with E-state index >= 15 is 0 Å². The molecule has 1 fully saturated rings. The van der Waals surface area contributed by atoms with Crippen LogP contribution in [0.5, 0.6) is 0 Å². The first-order valence-corrected chi connectivity index (χ1v) is 8.56. The summed E-state index contributed by atoms with van der Waals surface area (Å²) in [7, 11) is -3.63. The highest BCUT2D eigenvalue weighted by atomic mass is 32.2. The second kappa shape index (κ2) is 5.19. The lowest BCUT2D eigenvalue weighted by atomic mass is 10.1. The van der Waals surface area contributed by atoms with Gasteiger partial charge in [0.2, 0.25) is 10.0 Å². The molecule has 0 aliphatic carbocycles. The van der Waals surface area contributed by atoms with Gasteiger partial charge in [0, 0.05) is 33.2 Å². The van der Waals surface area contributed by atoms with E-state index < -0.39 is 20.2 Å². The SMILES string of the molecule is CN(C)S(=O)(=O)N1CCC(NS(C)(=O)=O)CC1. The van der Waals surface area contributed by atoms with Gasteiger partial charge in [0.15, 0.2) is 0 Å². The zero-order chi connectivity index (χ0) is 13.3. The van der Waals surface area contributed by atoms with Crippen LogP contribution in [0.1, 0.15) is 12.8 Å². The third kappa shape index (κ3) is 4.18. The van der Waals surface area contributed by atoms with E-state index in [4.69, 9.17) is 0 Å². The van der Waals surface area contributed by atoms with Crippen molar-refractivity contribution in [1.82, 2.24) is 13.3 Å². The average molecular weight is 285 g/mol. The number of rotatable bonds is 4. The highest BCUT2D eigenvalue weighted by Gasteiger charge is 2.30. The van der Waals surface area contributed by atoms with Gasteiger partial charge in [-0.2, -0.15) is 17.0 Å². The second-order valence-electron chi connectivity index (χ2n) is 4.35. The van der Waals surface area contributed by atoms with Gasteiger partial charge in [-0.1, -0.05) is 0 Å². The summed E-state index contributed by atoms with van der Waals surface area (Å²) in [4.78, 5) is 0. The molecule has 0 spiro atoms. The standard InChI is InChI=1S/C8H19N3O4S2/c1-10(2)17(14,15)11-6-4-8(5-7-11)9-16(3,12)13/h8-9H,4-7H2,1-3H3. The van der Waals surface area contributed by atoms with E-state index in [0.717, 1.165) is 10.6 Å². The van der Waals surface area contributed by atoms with Crippen molar-refractivity contribution in [2.24, 2.45) is 0 Å². The summed E-state index contributed by atoms with van der Waals surface area (Å²) < 4.78 is 50.7. The van der Waals surface area contributed by atoms with Crippen molar-refractivity contribution in [1.29, 1.82) is 0 Å². The zero-order valence-electron chi connectivity index (χ0n) is 10.2. The fraction of sp³-hybridized carbons (Fsp3) is 1.00. The van der Waals surface area contributed by atoms with Gasteiger partial charge in [0.1, 0.15) is 0 Å². The van der Waals surface area contributed by atoms with E-state index in [-0.39, 0.29) is 6.04 Å². The Morgan fingerprint density at radius 2 is 1.59 bits per heavy atom. The Morgan fingerprint density at radius 3 is 1.94 bits per heavy atom. The highest BCUT2D eigenvalue weighted by molar-refractivity contribution is 7.88. The first-order valence-electron chi connectivity index (χ1n) is 5.28. The molecule has 0 amide bonds. The van der Waals surface area contributed by atoms with Crippen molar-refractivity contribution >= 4 is 20.2 Å². The smallest absolute Gasteiger partial charge is 0.213 e. The fourth-order valence-electron chi connectivity index (χ4n) is 1.74. The van der Waals surface area contributed by atoms with Crippen LogP contribution in [0.15, 0.2) is 0 Å². The lowest BCUT2D eigenvalue weighted by Crippen LogP contribution is -2.49. The van der Waals surface area contributed by atoms with Crippen LogP contribution in [0, 0.1) is 0 Å². The predicted molar refractivity (Wildman–Crippen MR) is 65.2 cm³/mol. The van der Waals surface area contributed by atoms with Crippen LogP contribution in [-0.2, 0) is 20.2 Å². The molecule has 7 nitrogen and oxygen atoms in total. The Balaban J connectivity index is 2.58. The van der Waals surface area contributed by atoms with Crippen molar-refractivity contribution in [3.8, 4) is 0 Å². The van der Waals surface area contributed by atoms with Crippen molar-refractivity contribution in [2.45, 2.75) is 18.9 Å². The molecule has 1 N–H and O–H groups in total. The summed E-state index contributed by atoms with van der Waals surface area (Å²) >= 11 is 0. The molecule has 0 atom stereocenters. The van der Waals surface area contributed by atoms with E-state index in [2.05, 4.69) is 4.72 Å². The molecule has 1 heterocycles. The minimum Gasteiger partial charge on any atom is -0.213 e. The van der Waals surface area contributed by atoms with Crippen LogP contribution in [-0.4, -0.2) is 64.9 Å². The largest absolute Gasteiger partial charge is 0.281 e. The normalized spacial score (nSPS) is 20.9. The maximum Gasteiger partial charge on any atom is 0.281 e. The van der Waals surface area contributed by atoms with Crippen LogP contribution in [0.2, 0.25) is 0 Å². The zero-order valence-corrected chi connectivity index (χ0v) is 11.9. The first kappa shape index (κ1) is 14.8. The van der Waals surface area contributed by atoms with E-state index in [1.165, 1.54) is 18.4 Å². The summed E-state index contributed by atoms with van der Waals surface area (Å²) in [5.74, 6) is 0. The average Bonchev–Trinajstić information content (AvgIpc) is 2.15. The molecule has 0 unspecified atom stereocenters. The Kier molecular flexibility index (Phi) is 4.53. The van der Waals surface area contributed by atoms with Gasteiger partial charge in [-0.05, 0) is 12.8 Å². The summed E-state index contributed by atoms with van der Waals surface area (Å²) in [5.41, 5.74) is 0. The van der Waals surface area contributed by atoms with Crippen LogP contribution in [0.25, 0.3) is 0 Å². The lowest BCUT2D eigenvalue weighted by molar-refractivity contribution is 0.293. The fourth-order valence-corrected chi connectivity index (χ4v) is 3.71. The molecule has 0 saturated carbocycles. The molecule has 1 aliphatic heterocycles. The number of nitrogens with one attached hydrogen (secondary N) is 1. The molecule has 9 heteroatoms. The number of piperidine rings is 1. The van der Waals surface area contributed by atoms with E-state index in [1.807, 2.05) is 0 Å². The summed E-state index contributed by atoms with van der Waals surface area (Å²) in [6.07, 6.45) is 2.11. The molecule has 1 saturated heterocycles. The molecule has 1 rings (SSSR count).